The van der Waals surface area contributed by atoms with E-state index in [1.807, 2.05) is 0 Å². The highest BCUT2D eigenvalue weighted by Crippen LogP contribution is 2.27. The molecule has 0 bridgehead atoms. The normalized spacial score (nSPS) is 17.8. The summed E-state index contributed by atoms with van der Waals surface area (Å²) < 4.78 is 4.87. The molecule has 0 amide bonds. The number of allylic oxidation sites excluding steroid dienone is 1. The Bertz CT molecular complexity index is 209. The number of ether oxygens (including phenoxy) is 1. The first-order valence-corrected chi connectivity index (χ1v) is 4.68. The molecule has 0 radical (unpaired) electrons. The van der Waals surface area contributed by atoms with Crippen LogP contribution >= 0.6 is 11.6 Å². The van der Waals surface area contributed by atoms with Crippen LogP contribution in [0.25, 0.3) is 0 Å². The topological polar surface area (TPSA) is 26.3 Å². The van der Waals surface area contributed by atoms with Gasteiger partial charge in [-0.05, 0) is 32.6 Å². The van der Waals surface area contributed by atoms with Crippen molar-refractivity contribution >= 4 is 17.6 Å². The number of hydrogen-bond donors (Lipinski definition) is 0. The van der Waals surface area contributed by atoms with Crippen LogP contribution in [-0.4, -0.2) is 12.6 Å². The maximum atomic E-state index is 11.2. The second-order valence-corrected chi connectivity index (χ2v) is 3.27. The Morgan fingerprint density at radius 3 is 2.75 bits per heavy atom. The van der Waals surface area contributed by atoms with E-state index in [-0.39, 0.29) is 5.97 Å². The fraction of sp³-hybridized carbons (Fsp3) is 0.667. The van der Waals surface area contributed by atoms with E-state index in [1.165, 1.54) is 0 Å². The Morgan fingerprint density at radius 2 is 2.17 bits per heavy atom. The third-order valence-corrected chi connectivity index (χ3v) is 2.34. The van der Waals surface area contributed by atoms with Gasteiger partial charge in [-0.15, -0.1) is 0 Å². The van der Waals surface area contributed by atoms with E-state index in [1.54, 1.807) is 6.92 Å². The molecule has 0 atom stereocenters. The summed E-state index contributed by atoms with van der Waals surface area (Å²) in [5, 5.41) is 0.694. The maximum absolute atomic E-state index is 11.2. The van der Waals surface area contributed by atoms with Gasteiger partial charge in [0.1, 0.15) is 0 Å². The predicted molar refractivity (Wildman–Crippen MR) is 48.0 cm³/mol. The van der Waals surface area contributed by atoms with Crippen LogP contribution in [-0.2, 0) is 9.53 Å². The zero-order chi connectivity index (χ0) is 8.97. The molecule has 0 saturated heterocycles. The maximum Gasteiger partial charge on any atom is 0.335 e. The van der Waals surface area contributed by atoms with Gasteiger partial charge in [-0.3, -0.25) is 0 Å². The lowest BCUT2D eigenvalue weighted by atomic mass is 9.99. The Morgan fingerprint density at radius 1 is 1.50 bits per heavy atom. The standard InChI is InChI=1S/C9H13ClO2/c1-2-12-9(11)7-5-3-4-6-8(7)10/h2-6H2,1H3. The second kappa shape index (κ2) is 4.51. The van der Waals surface area contributed by atoms with E-state index in [0.717, 1.165) is 25.7 Å². The Kier molecular flexibility index (Phi) is 3.60. The van der Waals surface area contributed by atoms with Crippen molar-refractivity contribution < 1.29 is 9.53 Å². The quantitative estimate of drug-likeness (QED) is 0.623. The number of esters is 1. The van der Waals surface area contributed by atoms with Crippen molar-refractivity contribution in [3.63, 3.8) is 0 Å². The van der Waals surface area contributed by atoms with Gasteiger partial charge in [0.05, 0.1) is 12.2 Å². The minimum absolute atomic E-state index is 0.234. The molecule has 0 aromatic heterocycles. The van der Waals surface area contributed by atoms with E-state index in [9.17, 15) is 4.79 Å². The van der Waals surface area contributed by atoms with E-state index in [4.69, 9.17) is 16.3 Å². The average molecular weight is 189 g/mol. The molecule has 12 heavy (non-hydrogen) atoms. The van der Waals surface area contributed by atoms with Gasteiger partial charge >= 0.3 is 5.97 Å². The lowest BCUT2D eigenvalue weighted by Crippen LogP contribution is -2.11. The van der Waals surface area contributed by atoms with Crippen LogP contribution in [0.15, 0.2) is 10.6 Å². The molecule has 0 heterocycles. The SMILES string of the molecule is CCOC(=O)C1=C(Cl)CCCC1. The first kappa shape index (κ1) is 9.59. The number of rotatable bonds is 2. The van der Waals surface area contributed by atoms with Crippen molar-refractivity contribution in [1.82, 2.24) is 0 Å². The molecule has 2 nitrogen and oxygen atoms in total. The van der Waals surface area contributed by atoms with Gasteiger partial charge in [-0.1, -0.05) is 11.6 Å². The van der Waals surface area contributed by atoms with Crippen LogP contribution in [0.5, 0.6) is 0 Å². The average Bonchev–Trinajstić information content (AvgIpc) is 2.05. The van der Waals surface area contributed by atoms with Crippen molar-refractivity contribution in [3.8, 4) is 0 Å². The van der Waals surface area contributed by atoms with Crippen LogP contribution in [0.4, 0.5) is 0 Å². The first-order valence-electron chi connectivity index (χ1n) is 4.30. The summed E-state index contributed by atoms with van der Waals surface area (Å²) in [6, 6.07) is 0. The van der Waals surface area contributed by atoms with Crippen LogP contribution in [0.2, 0.25) is 0 Å². The summed E-state index contributed by atoms with van der Waals surface area (Å²) in [6.07, 6.45) is 3.74. The van der Waals surface area contributed by atoms with Crippen molar-refractivity contribution in [2.45, 2.75) is 32.6 Å². The summed E-state index contributed by atoms with van der Waals surface area (Å²) >= 11 is 5.89. The van der Waals surface area contributed by atoms with Gasteiger partial charge in [0.25, 0.3) is 0 Å². The molecular formula is C9H13ClO2. The Hall–Kier alpha value is -0.500. The van der Waals surface area contributed by atoms with Crippen molar-refractivity contribution in [3.05, 3.63) is 10.6 Å². The summed E-state index contributed by atoms with van der Waals surface area (Å²) in [5.74, 6) is -0.234. The fourth-order valence-corrected chi connectivity index (χ4v) is 1.60. The number of carbonyl (C=O) groups excluding carboxylic acids is 1. The molecule has 1 aliphatic carbocycles. The Labute approximate surface area is 77.5 Å². The molecule has 0 aliphatic heterocycles. The smallest absolute Gasteiger partial charge is 0.335 e. The van der Waals surface area contributed by atoms with E-state index in [2.05, 4.69) is 0 Å². The van der Waals surface area contributed by atoms with Crippen LogP contribution in [0.3, 0.4) is 0 Å². The third kappa shape index (κ3) is 2.24. The fourth-order valence-electron chi connectivity index (χ4n) is 1.30. The minimum Gasteiger partial charge on any atom is -0.463 e. The summed E-state index contributed by atoms with van der Waals surface area (Å²) in [5.41, 5.74) is 0.685. The summed E-state index contributed by atoms with van der Waals surface area (Å²) in [7, 11) is 0. The molecule has 3 heteroatoms. The second-order valence-electron chi connectivity index (χ2n) is 2.81. The number of halogens is 1. The van der Waals surface area contributed by atoms with Crippen molar-refractivity contribution in [2.24, 2.45) is 0 Å². The van der Waals surface area contributed by atoms with Crippen LogP contribution in [0, 0.1) is 0 Å². The third-order valence-electron chi connectivity index (χ3n) is 1.92. The molecule has 1 rings (SSSR count). The van der Waals surface area contributed by atoms with Gasteiger partial charge in [0.2, 0.25) is 0 Å². The van der Waals surface area contributed by atoms with Crippen molar-refractivity contribution in [2.75, 3.05) is 6.61 Å². The highest BCUT2D eigenvalue weighted by Gasteiger charge is 2.18. The molecule has 0 saturated carbocycles. The summed E-state index contributed by atoms with van der Waals surface area (Å²) in [4.78, 5) is 11.2. The lowest BCUT2D eigenvalue weighted by Gasteiger charge is -2.14. The summed E-state index contributed by atoms with van der Waals surface area (Å²) in [6.45, 7) is 2.22. The molecule has 0 N–H and O–H groups in total. The van der Waals surface area contributed by atoms with Gasteiger partial charge in [0.15, 0.2) is 0 Å². The highest BCUT2D eigenvalue weighted by molar-refractivity contribution is 6.31. The molecule has 0 aromatic rings. The van der Waals surface area contributed by atoms with Crippen molar-refractivity contribution in [1.29, 1.82) is 0 Å². The zero-order valence-electron chi connectivity index (χ0n) is 7.23. The van der Waals surface area contributed by atoms with E-state index < -0.39 is 0 Å². The molecule has 0 aromatic carbocycles. The highest BCUT2D eigenvalue weighted by atomic mass is 35.5. The largest absolute Gasteiger partial charge is 0.463 e. The van der Waals surface area contributed by atoms with Crippen LogP contribution in [0.1, 0.15) is 32.6 Å². The molecule has 0 unspecified atom stereocenters. The Balaban J connectivity index is 2.64. The van der Waals surface area contributed by atoms with Gasteiger partial charge < -0.3 is 4.74 Å². The van der Waals surface area contributed by atoms with Gasteiger partial charge in [-0.2, -0.15) is 0 Å². The van der Waals surface area contributed by atoms with E-state index in [0.29, 0.717) is 17.2 Å². The van der Waals surface area contributed by atoms with E-state index >= 15 is 0 Å². The molecule has 0 fully saturated rings. The minimum atomic E-state index is -0.234. The lowest BCUT2D eigenvalue weighted by molar-refractivity contribution is -0.138. The molecule has 1 aliphatic rings. The zero-order valence-corrected chi connectivity index (χ0v) is 7.99. The van der Waals surface area contributed by atoms with Gasteiger partial charge in [0, 0.05) is 5.03 Å². The number of carbonyl (C=O) groups is 1. The monoisotopic (exact) mass is 188 g/mol. The van der Waals surface area contributed by atoms with Gasteiger partial charge in [-0.25, -0.2) is 4.79 Å². The predicted octanol–water partition coefficient (Wildman–Crippen LogP) is 2.62. The molecule has 0 spiro atoms. The number of hydrogen-bond acceptors (Lipinski definition) is 2. The molecular weight excluding hydrogens is 176 g/mol. The van der Waals surface area contributed by atoms with Crippen LogP contribution < -0.4 is 0 Å². The first-order chi connectivity index (χ1) is 5.75. The molecule has 68 valence electrons.